The molecule has 20 heavy (non-hydrogen) atoms. The highest BCUT2D eigenvalue weighted by molar-refractivity contribution is 5.48. The third kappa shape index (κ3) is 2.39. The molecule has 0 atom stereocenters. The first-order valence-corrected chi connectivity index (χ1v) is 6.82. The van der Waals surface area contributed by atoms with Gasteiger partial charge < -0.3 is 14.4 Å². The number of aryl methyl sites for hydroxylation is 1. The first kappa shape index (κ1) is 12.7. The van der Waals surface area contributed by atoms with Gasteiger partial charge >= 0.3 is 0 Å². The summed E-state index contributed by atoms with van der Waals surface area (Å²) in [6, 6.07) is 10.4. The van der Waals surface area contributed by atoms with Crippen LogP contribution in [0.4, 0.5) is 11.5 Å². The summed E-state index contributed by atoms with van der Waals surface area (Å²) in [6.07, 6.45) is 3.37. The molecular weight excluding hydrogens is 252 g/mol. The molecule has 0 aliphatic carbocycles. The first-order chi connectivity index (χ1) is 9.75. The van der Waals surface area contributed by atoms with Crippen molar-refractivity contribution in [3.05, 3.63) is 53.1 Å². The second-order valence-corrected chi connectivity index (χ2v) is 4.98. The molecular formula is C15H18N4O. The molecule has 0 N–H and O–H groups in total. The lowest BCUT2D eigenvalue weighted by Gasteiger charge is -2.36. The van der Waals surface area contributed by atoms with Crippen molar-refractivity contribution in [2.24, 2.45) is 7.05 Å². The topological polar surface area (TPSA) is 41.4 Å². The maximum atomic E-state index is 12.1. The lowest BCUT2D eigenvalue weighted by molar-refractivity contribution is 0.639. The molecule has 2 heterocycles. The standard InChI is InChI=1S/C15H18N4O/c1-17-8-7-16-14(15(17)20)19-11-9-18(10-12-19)13-5-3-2-4-6-13/h2-8H,9-12H2,1H3. The van der Waals surface area contributed by atoms with Gasteiger partial charge in [0.05, 0.1) is 0 Å². The quantitative estimate of drug-likeness (QED) is 0.819. The monoisotopic (exact) mass is 270 g/mol. The zero-order valence-electron chi connectivity index (χ0n) is 11.6. The van der Waals surface area contributed by atoms with Crippen LogP contribution in [0.3, 0.4) is 0 Å². The van der Waals surface area contributed by atoms with Crippen molar-refractivity contribution in [3.8, 4) is 0 Å². The molecule has 1 aromatic carbocycles. The van der Waals surface area contributed by atoms with Gasteiger partial charge in [0.2, 0.25) is 0 Å². The van der Waals surface area contributed by atoms with E-state index in [0.717, 1.165) is 26.2 Å². The van der Waals surface area contributed by atoms with Gasteiger partial charge in [-0.05, 0) is 12.1 Å². The molecule has 2 aromatic rings. The summed E-state index contributed by atoms with van der Waals surface area (Å²) in [6.45, 7) is 3.45. The Labute approximate surface area is 118 Å². The van der Waals surface area contributed by atoms with Gasteiger partial charge in [0, 0.05) is 51.3 Å². The molecule has 0 amide bonds. The Balaban J connectivity index is 1.73. The van der Waals surface area contributed by atoms with Crippen molar-refractivity contribution >= 4 is 11.5 Å². The average Bonchev–Trinajstić information content (AvgIpc) is 2.51. The van der Waals surface area contributed by atoms with E-state index in [1.807, 2.05) is 6.07 Å². The molecule has 0 bridgehead atoms. The third-order valence-corrected chi connectivity index (χ3v) is 3.70. The summed E-state index contributed by atoms with van der Waals surface area (Å²) in [5, 5.41) is 0. The van der Waals surface area contributed by atoms with E-state index in [4.69, 9.17) is 0 Å². The Kier molecular flexibility index (Phi) is 3.41. The van der Waals surface area contributed by atoms with Crippen LogP contribution in [0.5, 0.6) is 0 Å². The molecule has 5 heteroatoms. The van der Waals surface area contributed by atoms with Crippen LogP contribution in [-0.2, 0) is 7.05 Å². The van der Waals surface area contributed by atoms with Crippen molar-refractivity contribution in [2.75, 3.05) is 36.0 Å². The lowest BCUT2D eigenvalue weighted by Crippen LogP contribution is -2.48. The number of hydrogen-bond acceptors (Lipinski definition) is 4. The largest absolute Gasteiger partial charge is 0.368 e. The van der Waals surface area contributed by atoms with E-state index in [0.29, 0.717) is 5.82 Å². The van der Waals surface area contributed by atoms with Gasteiger partial charge in [-0.15, -0.1) is 0 Å². The Morgan fingerprint density at radius 2 is 1.65 bits per heavy atom. The van der Waals surface area contributed by atoms with Gasteiger partial charge in [0.25, 0.3) is 5.56 Å². The normalized spacial score (nSPS) is 15.4. The summed E-state index contributed by atoms with van der Waals surface area (Å²) in [5.41, 5.74) is 1.21. The summed E-state index contributed by atoms with van der Waals surface area (Å²) in [4.78, 5) is 20.7. The molecule has 0 spiro atoms. The van der Waals surface area contributed by atoms with E-state index in [2.05, 4.69) is 39.0 Å². The summed E-state index contributed by atoms with van der Waals surface area (Å²) >= 11 is 0. The smallest absolute Gasteiger partial charge is 0.293 e. The third-order valence-electron chi connectivity index (χ3n) is 3.70. The van der Waals surface area contributed by atoms with Gasteiger partial charge in [0.15, 0.2) is 5.82 Å². The van der Waals surface area contributed by atoms with E-state index in [9.17, 15) is 4.79 Å². The molecule has 5 nitrogen and oxygen atoms in total. The SMILES string of the molecule is Cn1ccnc(N2CCN(c3ccccc3)CC2)c1=O. The minimum absolute atomic E-state index is 0.0272. The molecule has 1 aliphatic rings. The van der Waals surface area contributed by atoms with Gasteiger partial charge in [-0.2, -0.15) is 0 Å². The lowest BCUT2D eigenvalue weighted by atomic mass is 10.2. The fourth-order valence-corrected chi connectivity index (χ4v) is 2.52. The minimum Gasteiger partial charge on any atom is -0.368 e. The first-order valence-electron chi connectivity index (χ1n) is 6.82. The van der Waals surface area contributed by atoms with E-state index in [-0.39, 0.29) is 5.56 Å². The highest BCUT2D eigenvalue weighted by Gasteiger charge is 2.20. The molecule has 0 unspecified atom stereocenters. The Bertz CT molecular complexity index is 630. The van der Waals surface area contributed by atoms with Crippen LogP contribution < -0.4 is 15.4 Å². The van der Waals surface area contributed by atoms with Gasteiger partial charge in [-0.3, -0.25) is 4.79 Å². The number of benzene rings is 1. The van der Waals surface area contributed by atoms with Crippen LogP contribution in [0.2, 0.25) is 0 Å². The molecule has 1 aromatic heterocycles. The summed E-state index contributed by atoms with van der Waals surface area (Å²) < 4.78 is 1.58. The number of piperazine rings is 1. The van der Waals surface area contributed by atoms with Crippen LogP contribution in [0, 0.1) is 0 Å². The van der Waals surface area contributed by atoms with Crippen LogP contribution in [0.1, 0.15) is 0 Å². The molecule has 3 rings (SSSR count). The second-order valence-electron chi connectivity index (χ2n) is 4.98. The molecule has 104 valence electrons. The number of nitrogens with zero attached hydrogens (tertiary/aromatic N) is 4. The van der Waals surface area contributed by atoms with E-state index >= 15 is 0 Å². The molecule has 1 aliphatic heterocycles. The molecule has 0 saturated carbocycles. The van der Waals surface area contributed by atoms with E-state index in [1.165, 1.54) is 5.69 Å². The van der Waals surface area contributed by atoms with Gasteiger partial charge in [-0.1, -0.05) is 18.2 Å². The Morgan fingerprint density at radius 3 is 2.35 bits per heavy atom. The van der Waals surface area contributed by atoms with Crippen molar-refractivity contribution in [3.63, 3.8) is 0 Å². The summed E-state index contributed by atoms with van der Waals surface area (Å²) in [5.74, 6) is 0.558. The molecule has 1 saturated heterocycles. The number of anilines is 2. The Hall–Kier alpha value is -2.30. The van der Waals surface area contributed by atoms with Crippen molar-refractivity contribution in [2.45, 2.75) is 0 Å². The van der Waals surface area contributed by atoms with E-state index < -0.39 is 0 Å². The maximum Gasteiger partial charge on any atom is 0.293 e. The maximum absolute atomic E-state index is 12.1. The zero-order valence-corrected chi connectivity index (χ0v) is 11.6. The molecule has 0 radical (unpaired) electrons. The number of rotatable bonds is 2. The number of aromatic nitrogens is 2. The van der Waals surface area contributed by atoms with E-state index in [1.54, 1.807) is 24.0 Å². The highest BCUT2D eigenvalue weighted by atomic mass is 16.1. The number of para-hydroxylation sites is 1. The fraction of sp³-hybridized carbons (Fsp3) is 0.333. The van der Waals surface area contributed by atoms with Gasteiger partial charge in [-0.25, -0.2) is 4.98 Å². The number of hydrogen-bond donors (Lipinski definition) is 0. The van der Waals surface area contributed by atoms with Crippen LogP contribution >= 0.6 is 0 Å². The van der Waals surface area contributed by atoms with Crippen molar-refractivity contribution < 1.29 is 0 Å². The highest BCUT2D eigenvalue weighted by Crippen LogP contribution is 2.16. The van der Waals surface area contributed by atoms with Gasteiger partial charge in [0.1, 0.15) is 0 Å². The Morgan fingerprint density at radius 1 is 1.00 bits per heavy atom. The predicted molar refractivity (Wildman–Crippen MR) is 80.3 cm³/mol. The fourth-order valence-electron chi connectivity index (χ4n) is 2.52. The molecule has 1 fully saturated rings. The van der Waals surface area contributed by atoms with Crippen molar-refractivity contribution in [1.82, 2.24) is 9.55 Å². The average molecular weight is 270 g/mol. The van der Waals surface area contributed by atoms with Crippen LogP contribution in [0.25, 0.3) is 0 Å². The minimum atomic E-state index is -0.0272. The van der Waals surface area contributed by atoms with Crippen LogP contribution in [-0.4, -0.2) is 35.7 Å². The van der Waals surface area contributed by atoms with Crippen molar-refractivity contribution in [1.29, 1.82) is 0 Å². The summed E-state index contributed by atoms with van der Waals surface area (Å²) in [7, 11) is 1.76. The zero-order chi connectivity index (χ0) is 13.9. The predicted octanol–water partition coefficient (Wildman–Crippen LogP) is 1.11. The van der Waals surface area contributed by atoms with Crippen LogP contribution in [0.15, 0.2) is 47.5 Å². The second kappa shape index (κ2) is 5.36.